The van der Waals surface area contributed by atoms with Crippen molar-refractivity contribution in [3.05, 3.63) is 70.8 Å². The Labute approximate surface area is 108 Å². The number of hydrogen-bond donors (Lipinski definition) is 0. The Bertz CT molecular complexity index is 555. The van der Waals surface area contributed by atoms with Crippen molar-refractivity contribution in [1.29, 1.82) is 0 Å². The van der Waals surface area contributed by atoms with Gasteiger partial charge >= 0.3 is 0 Å². The predicted octanol–water partition coefficient (Wildman–Crippen LogP) is 3.98. The standard InChI is InChI=1S/C17H18O/c1-3-14-7-5-9-16(11-14)17(18)12-15-8-4-6-13(2)10-15/h4-11H,3,12H2,1-2H3. The zero-order chi connectivity index (χ0) is 13.0. The molecule has 0 atom stereocenters. The summed E-state index contributed by atoms with van der Waals surface area (Å²) in [5.41, 5.74) is 4.31. The molecular formula is C17H18O. The van der Waals surface area contributed by atoms with Crippen LogP contribution >= 0.6 is 0 Å². The van der Waals surface area contributed by atoms with Crippen LogP contribution in [0.25, 0.3) is 0 Å². The largest absolute Gasteiger partial charge is 0.294 e. The van der Waals surface area contributed by atoms with Crippen LogP contribution in [0.4, 0.5) is 0 Å². The lowest BCUT2D eigenvalue weighted by Gasteiger charge is -2.04. The van der Waals surface area contributed by atoms with E-state index in [4.69, 9.17) is 0 Å². The molecule has 0 aliphatic rings. The third kappa shape index (κ3) is 3.07. The van der Waals surface area contributed by atoms with E-state index in [9.17, 15) is 4.79 Å². The average molecular weight is 238 g/mol. The molecule has 0 fully saturated rings. The quantitative estimate of drug-likeness (QED) is 0.736. The summed E-state index contributed by atoms with van der Waals surface area (Å²) in [4.78, 5) is 12.2. The van der Waals surface area contributed by atoms with E-state index in [1.807, 2.05) is 43.3 Å². The van der Waals surface area contributed by atoms with Crippen LogP contribution in [0.15, 0.2) is 48.5 Å². The highest BCUT2D eigenvalue weighted by atomic mass is 16.1. The van der Waals surface area contributed by atoms with Gasteiger partial charge in [0.2, 0.25) is 0 Å². The first-order valence-corrected chi connectivity index (χ1v) is 6.36. The molecule has 0 spiro atoms. The average Bonchev–Trinajstić information content (AvgIpc) is 2.39. The minimum Gasteiger partial charge on any atom is -0.294 e. The maximum Gasteiger partial charge on any atom is 0.167 e. The number of rotatable bonds is 4. The van der Waals surface area contributed by atoms with Crippen molar-refractivity contribution in [3.63, 3.8) is 0 Å². The van der Waals surface area contributed by atoms with Gasteiger partial charge in [0.25, 0.3) is 0 Å². The molecule has 0 aliphatic carbocycles. The summed E-state index contributed by atoms with van der Waals surface area (Å²) in [5, 5.41) is 0. The second-order valence-corrected chi connectivity index (χ2v) is 4.64. The fourth-order valence-corrected chi connectivity index (χ4v) is 2.07. The summed E-state index contributed by atoms with van der Waals surface area (Å²) in [7, 11) is 0. The lowest BCUT2D eigenvalue weighted by atomic mass is 10.00. The third-order valence-electron chi connectivity index (χ3n) is 3.10. The van der Waals surface area contributed by atoms with Gasteiger partial charge in [0.1, 0.15) is 0 Å². The predicted molar refractivity (Wildman–Crippen MR) is 75.0 cm³/mol. The first-order valence-electron chi connectivity index (χ1n) is 6.36. The van der Waals surface area contributed by atoms with Gasteiger partial charge in [-0.1, -0.05) is 55.0 Å². The minimum absolute atomic E-state index is 0.191. The minimum atomic E-state index is 0.191. The maximum atomic E-state index is 12.2. The maximum absolute atomic E-state index is 12.2. The lowest BCUT2D eigenvalue weighted by molar-refractivity contribution is 0.0993. The summed E-state index contributed by atoms with van der Waals surface area (Å²) >= 11 is 0. The Morgan fingerprint density at radius 3 is 2.44 bits per heavy atom. The zero-order valence-electron chi connectivity index (χ0n) is 10.9. The van der Waals surface area contributed by atoms with Crippen molar-refractivity contribution in [2.75, 3.05) is 0 Å². The Hall–Kier alpha value is -1.89. The van der Waals surface area contributed by atoms with E-state index in [0.717, 1.165) is 17.5 Å². The fourth-order valence-electron chi connectivity index (χ4n) is 2.07. The summed E-state index contributed by atoms with van der Waals surface area (Å²) < 4.78 is 0. The third-order valence-corrected chi connectivity index (χ3v) is 3.10. The number of benzene rings is 2. The molecule has 2 aromatic carbocycles. The molecule has 0 unspecified atom stereocenters. The van der Waals surface area contributed by atoms with Crippen molar-refractivity contribution in [1.82, 2.24) is 0 Å². The van der Waals surface area contributed by atoms with Crippen LogP contribution in [-0.4, -0.2) is 5.78 Å². The smallest absolute Gasteiger partial charge is 0.167 e. The molecule has 2 rings (SSSR count). The van der Waals surface area contributed by atoms with Gasteiger partial charge in [-0.05, 0) is 30.5 Å². The molecule has 0 saturated carbocycles. The van der Waals surface area contributed by atoms with E-state index in [2.05, 4.69) is 19.1 Å². The van der Waals surface area contributed by atoms with E-state index >= 15 is 0 Å². The summed E-state index contributed by atoms with van der Waals surface area (Å²) in [5.74, 6) is 0.191. The van der Waals surface area contributed by atoms with E-state index < -0.39 is 0 Å². The van der Waals surface area contributed by atoms with Crippen molar-refractivity contribution >= 4 is 5.78 Å². The molecule has 18 heavy (non-hydrogen) atoms. The Kier molecular flexibility index (Phi) is 3.93. The van der Waals surface area contributed by atoms with Gasteiger partial charge in [-0.15, -0.1) is 0 Å². The molecule has 2 aromatic rings. The highest BCUT2D eigenvalue weighted by molar-refractivity contribution is 5.97. The molecule has 0 radical (unpaired) electrons. The molecule has 0 bridgehead atoms. The normalized spacial score (nSPS) is 10.3. The second-order valence-electron chi connectivity index (χ2n) is 4.64. The molecule has 0 heterocycles. The van der Waals surface area contributed by atoms with Crippen LogP contribution in [-0.2, 0) is 12.8 Å². The van der Waals surface area contributed by atoms with Gasteiger partial charge < -0.3 is 0 Å². The van der Waals surface area contributed by atoms with E-state index in [1.165, 1.54) is 11.1 Å². The van der Waals surface area contributed by atoms with Gasteiger partial charge in [0, 0.05) is 12.0 Å². The second kappa shape index (κ2) is 5.63. The van der Waals surface area contributed by atoms with Crippen molar-refractivity contribution in [3.8, 4) is 0 Å². The Morgan fingerprint density at radius 2 is 1.72 bits per heavy atom. The van der Waals surface area contributed by atoms with Gasteiger partial charge in [-0.2, -0.15) is 0 Å². The topological polar surface area (TPSA) is 17.1 Å². The van der Waals surface area contributed by atoms with Crippen LogP contribution in [0.1, 0.15) is 34.0 Å². The molecular weight excluding hydrogens is 220 g/mol. The molecule has 0 aliphatic heterocycles. The SMILES string of the molecule is CCc1cccc(C(=O)Cc2cccc(C)c2)c1. The number of ketones is 1. The molecule has 0 N–H and O–H groups in total. The van der Waals surface area contributed by atoms with E-state index in [1.54, 1.807) is 0 Å². The lowest BCUT2D eigenvalue weighted by Crippen LogP contribution is -2.04. The highest BCUT2D eigenvalue weighted by Gasteiger charge is 2.07. The van der Waals surface area contributed by atoms with E-state index in [0.29, 0.717) is 6.42 Å². The van der Waals surface area contributed by atoms with Crippen molar-refractivity contribution in [2.45, 2.75) is 26.7 Å². The molecule has 92 valence electrons. The van der Waals surface area contributed by atoms with Crippen LogP contribution in [0.5, 0.6) is 0 Å². The summed E-state index contributed by atoms with van der Waals surface area (Å²) in [6.07, 6.45) is 1.44. The van der Waals surface area contributed by atoms with Crippen LogP contribution in [0.3, 0.4) is 0 Å². The molecule has 0 amide bonds. The number of carbonyl (C=O) groups excluding carboxylic acids is 1. The van der Waals surface area contributed by atoms with Gasteiger partial charge in [0.05, 0.1) is 0 Å². The first-order chi connectivity index (χ1) is 8.69. The molecule has 0 aromatic heterocycles. The van der Waals surface area contributed by atoms with E-state index in [-0.39, 0.29) is 5.78 Å². The van der Waals surface area contributed by atoms with Gasteiger partial charge in [-0.3, -0.25) is 4.79 Å². The number of Topliss-reactive ketones (excluding diaryl/α,β-unsaturated/α-hetero) is 1. The molecule has 0 saturated heterocycles. The molecule has 1 heteroatoms. The van der Waals surface area contributed by atoms with Gasteiger partial charge in [0.15, 0.2) is 5.78 Å². The van der Waals surface area contributed by atoms with Crippen LogP contribution < -0.4 is 0 Å². The number of aryl methyl sites for hydroxylation is 2. The van der Waals surface area contributed by atoms with Crippen molar-refractivity contribution in [2.24, 2.45) is 0 Å². The van der Waals surface area contributed by atoms with Crippen LogP contribution in [0, 0.1) is 6.92 Å². The number of carbonyl (C=O) groups is 1. The fraction of sp³-hybridized carbons (Fsp3) is 0.235. The van der Waals surface area contributed by atoms with Crippen LogP contribution in [0.2, 0.25) is 0 Å². The summed E-state index contributed by atoms with van der Waals surface area (Å²) in [6, 6.07) is 16.0. The highest BCUT2D eigenvalue weighted by Crippen LogP contribution is 2.11. The Morgan fingerprint density at radius 1 is 1.00 bits per heavy atom. The van der Waals surface area contributed by atoms with Gasteiger partial charge in [-0.25, -0.2) is 0 Å². The molecule has 1 nitrogen and oxygen atoms in total. The monoisotopic (exact) mass is 238 g/mol. The van der Waals surface area contributed by atoms with Crippen molar-refractivity contribution < 1.29 is 4.79 Å². The zero-order valence-corrected chi connectivity index (χ0v) is 10.9. The number of hydrogen-bond acceptors (Lipinski definition) is 1. The first kappa shape index (κ1) is 12.6. The summed E-state index contributed by atoms with van der Waals surface area (Å²) in [6.45, 7) is 4.15. The Balaban J connectivity index is 2.16.